The van der Waals surface area contributed by atoms with E-state index in [-0.39, 0.29) is 0 Å². The van der Waals surface area contributed by atoms with Crippen LogP contribution in [0.15, 0.2) is 73.3 Å². The molecule has 0 aliphatic carbocycles. The molecule has 1 aliphatic rings. The Kier molecular flexibility index (Phi) is 7.41. The van der Waals surface area contributed by atoms with Crippen LogP contribution in [-0.2, 0) is 22.7 Å². The number of hydrogen-bond acceptors (Lipinski definition) is 9. The van der Waals surface area contributed by atoms with Gasteiger partial charge in [0.15, 0.2) is 29.3 Å². The van der Waals surface area contributed by atoms with Gasteiger partial charge in [0.2, 0.25) is 0 Å². The van der Waals surface area contributed by atoms with Crippen molar-refractivity contribution in [2.75, 3.05) is 12.4 Å². The van der Waals surface area contributed by atoms with Gasteiger partial charge >= 0.3 is 0 Å². The highest BCUT2D eigenvalue weighted by Crippen LogP contribution is 2.32. The van der Waals surface area contributed by atoms with Gasteiger partial charge in [0.25, 0.3) is 5.91 Å². The number of carbonyl (C=O) groups is 1. The second-order valence-corrected chi connectivity index (χ2v) is 10.1. The molecule has 2 aromatic heterocycles. The average Bonchev–Trinajstić information content (AvgIpc) is 3.55. The van der Waals surface area contributed by atoms with Gasteiger partial charge in [-0.3, -0.25) is 9.36 Å². The molecule has 1 saturated heterocycles. The Labute approximate surface area is 240 Å². The van der Waals surface area contributed by atoms with Crippen molar-refractivity contribution in [1.29, 1.82) is 0 Å². The van der Waals surface area contributed by atoms with Crippen molar-refractivity contribution in [1.82, 2.24) is 24.8 Å². The molecule has 0 unspecified atom stereocenters. The maximum atomic E-state index is 12.2. The van der Waals surface area contributed by atoms with Gasteiger partial charge in [-0.1, -0.05) is 54.1 Å². The van der Waals surface area contributed by atoms with Crippen molar-refractivity contribution in [3.63, 3.8) is 0 Å². The molecule has 11 nitrogen and oxygen atoms in total. The zero-order valence-electron chi connectivity index (χ0n) is 22.1. The first-order valence-electron chi connectivity index (χ1n) is 13.0. The van der Waals surface area contributed by atoms with E-state index in [1.165, 1.54) is 19.7 Å². The molecule has 3 heterocycles. The minimum Gasteiger partial charge on any atom is -0.489 e. The largest absolute Gasteiger partial charge is 0.489 e. The van der Waals surface area contributed by atoms with Crippen LogP contribution < -0.4 is 21.1 Å². The molecule has 41 heavy (non-hydrogen) atoms. The average molecular weight is 574 g/mol. The smallest absolute Gasteiger partial charge is 0.250 e. The van der Waals surface area contributed by atoms with Crippen LogP contribution in [0.1, 0.15) is 17.4 Å². The number of amides is 1. The van der Waals surface area contributed by atoms with Crippen molar-refractivity contribution in [2.24, 2.45) is 5.73 Å². The van der Waals surface area contributed by atoms with Crippen LogP contribution in [0.2, 0.25) is 5.02 Å². The fourth-order valence-electron chi connectivity index (χ4n) is 5.05. The van der Waals surface area contributed by atoms with Crippen LogP contribution >= 0.6 is 11.6 Å². The summed E-state index contributed by atoms with van der Waals surface area (Å²) in [6.45, 7) is 0.734. The highest BCUT2D eigenvalue weighted by Gasteiger charge is 2.46. The molecule has 210 valence electrons. The van der Waals surface area contributed by atoms with Gasteiger partial charge in [-0.2, -0.15) is 0 Å². The third-order valence-corrected chi connectivity index (χ3v) is 7.43. The molecule has 4 atom stereocenters. The number of hydrogen-bond donors (Lipinski definition) is 4. The standard InChI is InChI=1S/C29H28ClN7O4/c1-32-28(39)25-22(31)24(38)29(41-25)37-15-36-23-26(34-14-35-27(23)37)33-12-18-11-19(30)9-10-21(18)40-13-17-7-4-6-16-5-2-3-8-20(16)17/h2-11,14-15,22,24-25,29,38H,12-13,31H2,1H3,(H,32,39)(H,33,34,35)/t22-,24+,25-,29+/m0/s1. The lowest BCUT2D eigenvalue weighted by Crippen LogP contribution is -2.46. The lowest BCUT2D eigenvalue weighted by atomic mass is 10.1. The van der Waals surface area contributed by atoms with Crippen LogP contribution in [0.25, 0.3) is 21.9 Å². The van der Waals surface area contributed by atoms with Crippen LogP contribution in [0.3, 0.4) is 0 Å². The lowest BCUT2D eigenvalue weighted by molar-refractivity contribution is -0.134. The predicted molar refractivity (Wildman–Crippen MR) is 154 cm³/mol. The van der Waals surface area contributed by atoms with E-state index in [4.69, 9.17) is 26.8 Å². The topological polar surface area (TPSA) is 149 Å². The molecule has 0 saturated carbocycles. The van der Waals surface area contributed by atoms with Gasteiger partial charge in [-0.05, 0) is 34.5 Å². The number of nitrogens with zero attached hydrogens (tertiary/aromatic N) is 4. The summed E-state index contributed by atoms with van der Waals surface area (Å²) in [4.78, 5) is 25.3. The molecule has 6 rings (SSSR count). The summed E-state index contributed by atoms with van der Waals surface area (Å²) in [6.07, 6.45) is -0.228. The molecule has 3 aromatic carbocycles. The molecule has 1 aliphatic heterocycles. The van der Waals surface area contributed by atoms with Crippen molar-refractivity contribution >= 4 is 45.3 Å². The second-order valence-electron chi connectivity index (χ2n) is 9.71. The van der Waals surface area contributed by atoms with Crippen LogP contribution in [0.4, 0.5) is 5.82 Å². The number of aromatic nitrogens is 4. The summed E-state index contributed by atoms with van der Waals surface area (Å²) < 4.78 is 13.6. The molecule has 1 amide bonds. The monoisotopic (exact) mass is 573 g/mol. The van der Waals surface area contributed by atoms with Gasteiger partial charge in [-0.15, -0.1) is 0 Å². The molecular formula is C29H28ClN7O4. The van der Waals surface area contributed by atoms with Gasteiger partial charge in [-0.25, -0.2) is 15.0 Å². The number of aliphatic hydroxyl groups excluding tert-OH is 1. The summed E-state index contributed by atoms with van der Waals surface area (Å²) in [5.41, 5.74) is 8.84. The van der Waals surface area contributed by atoms with Crippen molar-refractivity contribution in [3.05, 3.63) is 89.5 Å². The van der Waals surface area contributed by atoms with Crippen LogP contribution in [-0.4, -0.2) is 55.8 Å². The van der Waals surface area contributed by atoms with Gasteiger partial charge in [0.05, 0.1) is 12.4 Å². The van der Waals surface area contributed by atoms with Gasteiger partial charge in [0, 0.05) is 24.2 Å². The fourth-order valence-corrected chi connectivity index (χ4v) is 5.24. The number of benzene rings is 3. The number of anilines is 1. The summed E-state index contributed by atoms with van der Waals surface area (Å²) in [5.74, 6) is 0.733. The normalized spacial score (nSPS) is 20.4. The minimum absolute atomic E-state index is 0.344. The number of carbonyl (C=O) groups excluding carboxylic acids is 1. The van der Waals surface area contributed by atoms with E-state index in [1.807, 2.05) is 30.3 Å². The molecule has 5 N–H and O–H groups in total. The Morgan fingerprint density at radius 3 is 2.80 bits per heavy atom. The summed E-state index contributed by atoms with van der Waals surface area (Å²) in [5, 5.41) is 19.4. The number of nitrogens with two attached hydrogens (primary N) is 1. The summed E-state index contributed by atoms with van der Waals surface area (Å²) >= 11 is 6.33. The first-order chi connectivity index (χ1) is 19.9. The van der Waals surface area contributed by atoms with E-state index in [9.17, 15) is 9.90 Å². The number of halogens is 1. The number of fused-ring (bicyclic) bond motifs is 2. The third kappa shape index (κ3) is 5.16. The van der Waals surface area contributed by atoms with Crippen molar-refractivity contribution < 1.29 is 19.4 Å². The Bertz CT molecular complexity index is 1720. The first-order valence-corrected chi connectivity index (χ1v) is 13.4. The van der Waals surface area contributed by atoms with E-state index in [2.05, 4.69) is 49.9 Å². The molecule has 5 aromatic rings. The zero-order chi connectivity index (χ0) is 28.5. The number of aliphatic hydroxyl groups is 1. The van der Waals surface area contributed by atoms with Crippen molar-refractivity contribution in [2.45, 2.75) is 37.6 Å². The van der Waals surface area contributed by atoms with E-state index >= 15 is 0 Å². The number of rotatable bonds is 8. The fraction of sp³-hybridized carbons (Fsp3) is 0.241. The minimum atomic E-state index is -1.14. The zero-order valence-corrected chi connectivity index (χ0v) is 22.8. The van der Waals surface area contributed by atoms with Crippen LogP contribution in [0.5, 0.6) is 5.75 Å². The summed E-state index contributed by atoms with van der Waals surface area (Å²) in [7, 11) is 1.48. The first kappa shape index (κ1) is 26.9. The van der Waals surface area contributed by atoms with E-state index in [1.54, 1.807) is 10.6 Å². The molecule has 0 spiro atoms. The van der Waals surface area contributed by atoms with Crippen molar-refractivity contribution in [3.8, 4) is 5.75 Å². The Morgan fingerprint density at radius 1 is 1.12 bits per heavy atom. The SMILES string of the molecule is CNC(=O)[C@H]1O[C@@H](n2cnc3c(NCc4cc(Cl)ccc4OCc4cccc5ccccc45)ncnc32)[C@H](O)[C@@H]1N. The molecule has 0 radical (unpaired) electrons. The molecule has 0 bridgehead atoms. The quantitative estimate of drug-likeness (QED) is 0.219. The van der Waals surface area contributed by atoms with Crippen LogP contribution in [0, 0.1) is 0 Å². The molecule has 1 fully saturated rings. The highest BCUT2D eigenvalue weighted by molar-refractivity contribution is 6.30. The predicted octanol–water partition coefficient (Wildman–Crippen LogP) is 3.16. The number of imidazole rings is 1. The Morgan fingerprint density at radius 2 is 1.95 bits per heavy atom. The lowest BCUT2D eigenvalue weighted by Gasteiger charge is -2.17. The van der Waals surface area contributed by atoms with E-state index in [0.717, 1.165) is 21.9 Å². The number of nitrogens with one attached hydrogen (secondary N) is 2. The van der Waals surface area contributed by atoms with Gasteiger partial charge < -0.3 is 30.9 Å². The third-order valence-electron chi connectivity index (χ3n) is 7.19. The summed E-state index contributed by atoms with van der Waals surface area (Å²) in [6, 6.07) is 18.9. The Hall–Kier alpha value is -4.29. The van der Waals surface area contributed by atoms with E-state index < -0.39 is 30.4 Å². The van der Waals surface area contributed by atoms with Gasteiger partial charge in [0.1, 0.15) is 24.8 Å². The highest BCUT2D eigenvalue weighted by atomic mass is 35.5. The van der Waals surface area contributed by atoms with E-state index in [0.29, 0.717) is 40.9 Å². The Balaban J connectivity index is 1.22. The maximum Gasteiger partial charge on any atom is 0.250 e. The second kappa shape index (κ2) is 11.3. The number of likely N-dealkylation sites (N-methyl/N-ethyl adjacent to an activating group) is 1. The maximum absolute atomic E-state index is 12.2. The number of ether oxygens (including phenoxy) is 2. The molecular weight excluding hydrogens is 546 g/mol. The molecule has 12 heteroatoms.